The lowest BCUT2D eigenvalue weighted by molar-refractivity contribution is 0.0683. The minimum atomic E-state index is -0.992. The van der Waals surface area contributed by atoms with Crippen molar-refractivity contribution in [1.82, 2.24) is 19.7 Å². The number of rotatable bonds is 9. The normalized spacial score (nSPS) is 16.5. The lowest BCUT2D eigenvalue weighted by atomic mass is 9.86. The summed E-state index contributed by atoms with van der Waals surface area (Å²) in [5, 5.41) is 14.0. The maximum Gasteiger partial charge on any atom is 0.410 e. The minimum absolute atomic E-state index is 0.112. The van der Waals surface area contributed by atoms with Gasteiger partial charge >= 0.3 is 12.1 Å². The third kappa shape index (κ3) is 6.23. The Morgan fingerprint density at radius 2 is 1.78 bits per heavy atom. The number of carbonyl (C=O) groups is 2. The van der Waals surface area contributed by atoms with Crippen LogP contribution in [0.25, 0.3) is 17.1 Å². The van der Waals surface area contributed by atoms with E-state index in [2.05, 4.69) is 48.4 Å². The molecule has 2 aromatic heterocycles. The van der Waals surface area contributed by atoms with Crippen LogP contribution in [0.1, 0.15) is 97.3 Å². The lowest BCUT2D eigenvalue weighted by Crippen LogP contribution is -2.39. The molecule has 0 bridgehead atoms. The van der Waals surface area contributed by atoms with Crippen LogP contribution in [0.15, 0.2) is 60.8 Å². The fraction of sp³-hybridized carbons (Fsp3) is 0.405. The third-order valence-electron chi connectivity index (χ3n) is 9.16. The van der Waals surface area contributed by atoms with Gasteiger partial charge in [0.05, 0.1) is 23.7 Å². The molecule has 2 aromatic carbocycles. The van der Waals surface area contributed by atoms with Crippen LogP contribution in [0.2, 0.25) is 0 Å². The number of piperidine rings is 1. The number of pyridine rings is 1. The monoisotopic (exact) mass is 622 g/mol. The zero-order chi connectivity index (χ0) is 32.4. The molecular weight excluding hydrogens is 580 g/mol. The summed E-state index contributed by atoms with van der Waals surface area (Å²) in [6, 6.07) is 18.6. The molecule has 1 saturated heterocycles. The number of nitrogens with zero attached hydrogens (tertiary/aromatic N) is 4. The minimum Gasteiger partial charge on any atom is -0.486 e. The van der Waals surface area contributed by atoms with Crippen molar-refractivity contribution in [1.29, 1.82) is 0 Å². The number of ether oxygens (including phenoxy) is 2. The molecule has 1 fully saturated rings. The Labute approximate surface area is 270 Å². The van der Waals surface area contributed by atoms with Crippen LogP contribution in [-0.4, -0.2) is 56.0 Å². The topological polar surface area (TPSA) is 107 Å². The van der Waals surface area contributed by atoms with Crippen LogP contribution in [-0.2, 0) is 24.0 Å². The summed E-state index contributed by atoms with van der Waals surface area (Å²) in [7, 11) is 0. The molecule has 9 nitrogen and oxygen atoms in total. The SMILES string of the molecule is CCc1cc(OC2CCc3cccc(-c4cccc(-n5ncc(C(=O)O)c5CC)n4)c32)ccc1C1CCN(C(=O)OC(C)C)CC1. The predicted octanol–water partition coefficient (Wildman–Crippen LogP) is 7.55. The average molecular weight is 623 g/mol. The smallest absolute Gasteiger partial charge is 0.410 e. The van der Waals surface area contributed by atoms with Crippen molar-refractivity contribution >= 4 is 12.1 Å². The number of likely N-dealkylation sites (tertiary alicyclic amines) is 1. The van der Waals surface area contributed by atoms with Crippen molar-refractivity contribution in [3.8, 4) is 22.8 Å². The summed E-state index contributed by atoms with van der Waals surface area (Å²) >= 11 is 0. The molecule has 1 N–H and O–H groups in total. The highest BCUT2D eigenvalue weighted by Gasteiger charge is 2.30. The molecule has 240 valence electrons. The van der Waals surface area contributed by atoms with Crippen molar-refractivity contribution in [2.75, 3.05) is 13.1 Å². The Morgan fingerprint density at radius 3 is 2.50 bits per heavy atom. The Hall–Kier alpha value is -4.66. The zero-order valence-electron chi connectivity index (χ0n) is 27.0. The van der Waals surface area contributed by atoms with Gasteiger partial charge in [-0.1, -0.05) is 44.2 Å². The van der Waals surface area contributed by atoms with Crippen molar-refractivity contribution in [3.63, 3.8) is 0 Å². The second-order valence-corrected chi connectivity index (χ2v) is 12.4. The first kappa shape index (κ1) is 31.3. The summed E-state index contributed by atoms with van der Waals surface area (Å²) in [5.41, 5.74) is 7.66. The van der Waals surface area contributed by atoms with Crippen LogP contribution in [0, 0.1) is 0 Å². The van der Waals surface area contributed by atoms with E-state index in [-0.39, 0.29) is 23.9 Å². The van der Waals surface area contributed by atoms with Gasteiger partial charge < -0.3 is 19.5 Å². The van der Waals surface area contributed by atoms with E-state index in [1.54, 1.807) is 4.68 Å². The van der Waals surface area contributed by atoms with Gasteiger partial charge in [0.25, 0.3) is 0 Å². The molecule has 0 spiro atoms. The van der Waals surface area contributed by atoms with E-state index in [0.29, 0.717) is 36.9 Å². The second-order valence-electron chi connectivity index (χ2n) is 12.4. The Balaban J connectivity index is 1.22. The molecule has 1 atom stereocenters. The van der Waals surface area contributed by atoms with Gasteiger partial charge in [0.15, 0.2) is 5.82 Å². The average Bonchev–Trinajstić information content (AvgIpc) is 3.69. The lowest BCUT2D eigenvalue weighted by Gasteiger charge is -2.33. The molecule has 0 radical (unpaired) electrons. The summed E-state index contributed by atoms with van der Waals surface area (Å²) in [6.07, 6.45) is 6.01. The van der Waals surface area contributed by atoms with Crippen LogP contribution < -0.4 is 4.74 Å². The van der Waals surface area contributed by atoms with E-state index in [0.717, 1.165) is 54.7 Å². The van der Waals surface area contributed by atoms with Crippen LogP contribution >= 0.6 is 0 Å². The fourth-order valence-corrected chi connectivity index (χ4v) is 6.94. The summed E-state index contributed by atoms with van der Waals surface area (Å²) in [6.45, 7) is 9.27. The van der Waals surface area contributed by atoms with E-state index in [1.807, 2.05) is 43.9 Å². The van der Waals surface area contributed by atoms with Crippen molar-refractivity contribution in [2.24, 2.45) is 0 Å². The number of hydrogen-bond acceptors (Lipinski definition) is 6. The van der Waals surface area contributed by atoms with Gasteiger partial charge in [0.2, 0.25) is 0 Å². The number of carboxylic acids is 1. The zero-order valence-corrected chi connectivity index (χ0v) is 27.0. The molecule has 4 aromatic rings. The third-order valence-corrected chi connectivity index (χ3v) is 9.16. The molecule has 2 aliphatic rings. The first-order valence-corrected chi connectivity index (χ1v) is 16.4. The van der Waals surface area contributed by atoms with Crippen molar-refractivity contribution < 1.29 is 24.2 Å². The standard InChI is InChI=1S/C37H42N4O5/c1-5-24-21-27(14-15-28(24)25-17-19-40(20-18-25)37(44)45-23(3)4)46-33-16-13-26-9-7-10-29(35(26)33)31-11-8-12-34(39-31)41-32(6-2)30(22-38-41)36(42)43/h7-12,14-15,21-23,25,33H,5-6,13,16-20H2,1-4H3,(H,42,43). The highest BCUT2D eigenvalue weighted by atomic mass is 16.6. The molecule has 9 heteroatoms. The molecule has 0 saturated carbocycles. The van der Waals surface area contributed by atoms with E-state index in [9.17, 15) is 14.7 Å². The van der Waals surface area contributed by atoms with Crippen LogP contribution in [0.3, 0.4) is 0 Å². The number of carboxylic acid groups (broad SMARTS) is 1. The summed E-state index contributed by atoms with van der Waals surface area (Å²) in [5.74, 6) is 0.853. The molecule has 1 unspecified atom stereocenters. The number of aromatic carboxylic acids is 1. The van der Waals surface area contributed by atoms with Gasteiger partial charge in [-0.15, -0.1) is 0 Å². The second kappa shape index (κ2) is 13.4. The number of hydrogen-bond donors (Lipinski definition) is 1. The van der Waals surface area contributed by atoms with Crippen molar-refractivity contribution in [2.45, 2.75) is 84.3 Å². The quantitative estimate of drug-likeness (QED) is 0.205. The molecule has 6 rings (SSSR count). The largest absolute Gasteiger partial charge is 0.486 e. The molecule has 46 heavy (non-hydrogen) atoms. The van der Waals surface area contributed by atoms with Gasteiger partial charge in [0, 0.05) is 24.2 Å². The highest BCUT2D eigenvalue weighted by molar-refractivity contribution is 5.88. The van der Waals surface area contributed by atoms with Gasteiger partial charge in [-0.25, -0.2) is 19.3 Å². The first-order chi connectivity index (χ1) is 22.3. The number of carbonyl (C=O) groups excluding carboxylic acids is 1. The molecule has 1 amide bonds. The number of aromatic nitrogens is 3. The predicted molar refractivity (Wildman–Crippen MR) is 176 cm³/mol. The van der Waals surface area contributed by atoms with E-state index < -0.39 is 5.97 Å². The Kier molecular flexibility index (Phi) is 9.10. The molecule has 1 aliphatic carbocycles. The van der Waals surface area contributed by atoms with Gasteiger partial charge in [0.1, 0.15) is 17.4 Å². The number of benzene rings is 2. The van der Waals surface area contributed by atoms with Crippen molar-refractivity contribution in [3.05, 3.63) is 94.3 Å². The maximum atomic E-state index is 12.4. The van der Waals surface area contributed by atoms with Gasteiger partial charge in [-0.2, -0.15) is 5.10 Å². The highest BCUT2D eigenvalue weighted by Crippen LogP contribution is 2.42. The van der Waals surface area contributed by atoms with Gasteiger partial charge in [-0.3, -0.25) is 0 Å². The van der Waals surface area contributed by atoms with Crippen LogP contribution in [0.5, 0.6) is 5.75 Å². The summed E-state index contributed by atoms with van der Waals surface area (Å²) in [4.78, 5) is 30.9. The fourth-order valence-electron chi connectivity index (χ4n) is 6.94. The number of fused-ring (bicyclic) bond motifs is 1. The first-order valence-electron chi connectivity index (χ1n) is 16.4. The maximum absolute atomic E-state index is 12.4. The molecule has 3 heterocycles. The van der Waals surface area contributed by atoms with Crippen LogP contribution in [0.4, 0.5) is 4.79 Å². The van der Waals surface area contributed by atoms with E-state index in [1.165, 1.54) is 22.9 Å². The molecular formula is C37H42N4O5. The number of amides is 1. The summed E-state index contributed by atoms with van der Waals surface area (Å²) < 4.78 is 13.8. The Bertz CT molecular complexity index is 1740. The number of aryl methyl sites for hydroxylation is 2. The Morgan fingerprint density at radius 1 is 1.00 bits per heavy atom. The van der Waals surface area contributed by atoms with E-state index >= 15 is 0 Å². The van der Waals surface area contributed by atoms with Gasteiger partial charge in [-0.05, 0) is 99.2 Å². The molecule has 1 aliphatic heterocycles. The van der Waals surface area contributed by atoms with E-state index in [4.69, 9.17) is 14.5 Å².